The van der Waals surface area contributed by atoms with Gasteiger partial charge in [0.1, 0.15) is 0 Å². The van der Waals surface area contributed by atoms with Gasteiger partial charge in [0.15, 0.2) is 0 Å². The number of nitrogens with zero attached hydrogens (tertiary/aromatic N) is 1. The zero-order chi connectivity index (χ0) is 12.1. The van der Waals surface area contributed by atoms with Crippen LogP contribution in [0.2, 0.25) is 0 Å². The Morgan fingerprint density at radius 1 is 1.29 bits per heavy atom. The minimum absolute atomic E-state index is 0.590. The molecule has 17 heavy (non-hydrogen) atoms. The molecule has 0 radical (unpaired) electrons. The Morgan fingerprint density at radius 3 is 2.94 bits per heavy atom. The molecule has 1 aromatic heterocycles. The van der Waals surface area contributed by atoms with Gasteiger partial charge in [-0.25, -0.2) is 0 Å². The Bertz CT molecular complexity index is 476. The Hall–Kier alpha value is -1.32. The van der Waals surface area contributed by atoms with Crippen molar-refractivity contribution >= 4 is 10.9 Å². The molecule has 1 heterocycles. The smallest absolute Gasteiger partial charge is 0.0525 e. The lowest BCUT2D eigenvalue weighted by Gasteiger charge is -2.08. The molecule has 0 saturated carbocycles. The van der Waals surface area contributed by atoms with Crippen LogP contribution in [0, 0.1) is 0 Å². The van der Waals surface area contributed by atoms with E-state index >= 15 is 0 Å². The van der Waals surface area contributed by atoms with Gasteiger partial charge in [0, 0.05) is 32.5 Å². The van der Waals surface area contributed by atoms with Crippen LogP contribution in [0.4, 0.5) is 0 Å². The van der Waals surface area contributed by atoms with Crippen LogP contribution in [0.3, 0.4) is 0 Å². The lowest BCUT2D eigenvalue weighted by atomic mass is 10.1. The van der Waals surface area contributed by atoms with Gasteiger partial charge in [0.05, 0.1) is 5.52 Å². The number of fused-ring (bicyclic) bond motifs is 1. The number of para-hydroxylation sites is 1. The highest BCUT2D eigenvalue weighted by molar-refractivity contribution is 5.83. The molecule has 2 N–H and O–H groups in total. The minimum Gasteiger partial charge on any atom is -0.382 e. The van der Waals surface area contributed by atoms with Crippen molar-refractivity contribution in [1.29, 1.82) is 0 Å². The van der Waals surface area contributed by atoms with Crippen LogP contribution in [0.5, 0.6) is 0 Å². The summed E-state index contributed by atoms with van der Waals surface area (Å²) in [7, 11) is 0. The van der Waals surface area contributed by atoms with E-state index in [9.17, 15) is 0 Å². The van der Waals surface area contributed by atoms with Crippen LogP contribution in [0.15, 0.2) is 30.5 Å². The lowest BCUT2D eigenvalue weighted by Crippen LogP contribution is -2.04. The van der Waals surface area contributed by atoms with E-state index in [4.69, 9.17) is 10.5 Å². The highest BCUT2D eigenvalue weighted by atomic mass is 16.5. The SMILES string of the molecule is CCOCCCn1ccc2cccc(CN)c21. The van der Waals surface area contributed by atoms with E-state index in [1.807, 2.05) is 6.92 Å². The predicted molar refractivity (Wildman–Crippen MR) is 70.9 cm³/mol. The fraction of sp³-hybridized carbons (Fsp3) is 0.429. The molecule has 0 bridgehead atoms. The van der Waals surface area contributed by atoms with Gasteiger partial charge < -0.3 is 15.0 Å². The van der Waals surface area contributed by atoms with Gasteiger partial charge in [0.25, 0.3) is 0 Å². The second kappa shape index (κ2) is 5.84. The minimum atomic E-state index is 0.590. The summed E-state index contributed by atoms with van der Waals surface area (Å²) in [5.74, 6) is 0. The first-order chi connectivity index (χ1) is 8.36. The van der Waals surface area contributed by atoms with Crippen molar-refractivity contribution in [3.05, 3.63) is 36.0 Å². The summed E-state index contributed by atoms with van der Waals surface area (Å²) in [6.07, 6.45) is 3.17. The quantitative estimate of drug-likeness (QED) is 0.777. The number of benzene rings is 1. The lowest BCUT2D eigenvalue weighted by molar-refractivity contribution is 0.142. The van der Waals surface area contributed by atoms with Crippen LogP contribution in [-0.4, -0.2) is 17.8 Å². The highest BCUT2D eigenvalue weighted by Gasteiger charge is 2.04. The molecular formula is C14H20N2O. The number of hydrogen-bond donors (Lipinski definition) is 1. The van der Waals surface area contributed by atoms with E-state index in [-0.39, 0.29) is 0 Å². The van der Waals surface area contributed by atoms with E-state index in [2.05, 4.69) is 35.0 Å². The maximum absolute atomic E-state index is 5.78. The molecule has 2 aromatic rings. The number of aromatic nitrogens is 1. The van der Waals surface area contributed by atoms with Crippen molar-refractivity contribution in [3.63, 3.8) is 0 Å². The van der Waals surface area contributed by atoms with Crippen molar-refractivity contribution in [2.24, 2.45) is 5.73 Å². The Labute approximate surface area is 102 Å². The third-order valence-electron chi connectivity index (χ3n) is 2.98. The summed E-state index contributed by atoms with van der Waals surface area (Å²) in [4.78, 5) is 0. The maximum atomic E-state index is 5.78. The first-order valence-corrected chi connectivity index (χ1v) is 6.21. The molecule has 0 aliphatic rings. The van der Waals surface area contributed by atoms with Crippen LogP contribution >= 0.6 is 0 Å². The summed E-state index contributed by atoms with van der Waals surface area (Å²) in [5.41, 5.74) is 8.26. The largest absolute Gasteiger partial charge is 0.382 e. The van der Waals surface area contributed by atoms with E-state index in [0.717, 1.165) is 26.2 Å². The van der Waals surface area contributed by atoms with Crippen molar-refractivity contribution in [2.75, 3.05) is 13.2 Å². The molecule has 0 aliphatic heterocycles. The number of hydrogen-bond acceptors (Lipinski definition) is 2. The topological polar surface area (TPSA) is 40.2 Å². The molecule has 3 nitrogen and oxygen atoms in total. The standard InChI is InChI=1S/C14H20N2O/c1-2-17-10-4-8-16-9-7-12-5-3-6-13(11-15)14(12)16/h3,5-7,9H,2,4,8,10-11,15H2,1H3. The maximum Gasteiger partial charge on any atom is 0.0525 e. The van der Waals surface area contributed by atoms with Gasteiger partial charge in [-0.15, -0.1) is 0 Å². The van der Waals surface area contributed by atoms with Crippen LogP contribution in [0.1, 0.15) is 18.9 Å². The normalized spacial score (nSPS) is 11.2. The Kier molecular flexibility index (Phi) is 4.18. The monoisotopic (exact) mass is 232 g/mol. The molecule has 3 heteroatoms. The van der Waals surface area contributed by atoms with Gasteiger partial charge >= 0.3 is 0 Å². The van der Waals surface area contributed by atoms with E-state index in [1.165, 1.54) is 16.5 Å². The van der Waals surface area contributed by atoms with Gasteiger partial charge in [0.2, 0.25) is 0 Å². The van der Waals surface area contributed by atoms with Gasteiger partial charge in [-0.3, -0.25) is 0 Å². The molecule has 0 fully saturated rings. The fourth-order valence-electron chi connectivity index (χ4n) is 2.17. The van der Waals surface area contributed by atoms with Crippen LogP contribution in [-0.2, 0) is 17.8 Å². The molecule has 0 saturated heterocycles. The summed E-state index contributed by atoms with van der Waals surface area (Å²) in [6.45, 7) is 5.21. The van der Waals surface area contributed by atoms with Crippen molar-refractivity contribution in [1.82, 2.24) is 4.57 Å². The molecule has 2 rings (SSSR count). The zero-order valence-corrected chi connectivity index (χ0v) is 10.4. The Morgan fingerprint density at radius 2 is 2.18 bits per heavy atom. The predicted octanol–water partition coefficient (Wildman–Crippen LogP) is 2.53. The first-order valence-electron chi connectivity index (χ1n) is 6.21. The fourth-order valence-corrected chi connectivity index (χ4v) is 2.17. The highest BCUT2D eigenvalue weighted by Crippen LogP contribution is 2.20. The van der Waals surface area contributed by atoms with Gasteiger partial charge in [-0.1, -0.05) is 18.2 Å². The number of ether oxygens (including phenoxy) is 1. The van der Waals surface area contributed by atoms with Crippen LogP contribution in [0.25, 0.3) is 10.9 Å². The molecule has 1 aromatic carbocycles. The molecule has 0 aliphatic carbocycles. The van der Waals surface area contributed by atoms with E-state index in [1.54, 1.807) is 0 Å². The third-order valence-corrected chi connectivity index (χ3v) is 2.98. The number of aryl methyl sites for hydroxylation is 1. The van der Waals surface area contributed by atoms with Crippen molar-refractivity contribution < 1.29 is 4.74 Å². The molecule has 0 spiro atoms. The van der Waals surface area contributed by atoms with E-state index < -0.39 is 0 Å². The zero-order valence-electron chi connectivity index (χ0n) is 10.4. The van der Waals surface area contributed by atoms with E-state index in [0.29, 0.717) is 6.54 Å². The summed E-state index contributed by atoms with van der Waals surface area (Å²) in [6, 6.07) is 8.44. The summed E-state index contributed by atoms with van der Waals surface area (Å²) < 4.78 is 7.64. The second-order valence-electron chi connectivity index (χ2n) is 4.12. The Balaban J connectivity index is 2.16. The van der Waals surface area contributed by atoms with Gasteiger partial charge in [-0.2, -0.15) is 0 Å². The number of nitrogens with two attached hydrogens (primary N) is 1. The molecular weight excluding hydrogens is 212 g/mol. The van der Waals surface area contributed by atoms with Gasteiger partial charge in [-0.05, 0) is 30.4 Å². The molecule has 92 valence electrons. The molecule has 0 atom stereocenters. The third kappa shape index (κ3) is 2.68. The first kappa shape index (κ1) is 12.1. The summed E-state index contributed by atoms with van der Waals surface area (Å²) in [5, 5.41) is 1.27. The second-order valence-corrected chi connectivity index (χ2v) is 4.12. The summed E-state index contributed by atoms with van der Waals surface area (Å²) >= 11 is 0. The average molecular weight is 232 g/mol. The van der Waals surface area contributed by atoms with Crippen LogP contribution < -0.4 is 5.73 Å². The number of rotatable bonds is 6. The molecule has 0 unspecified atom stereocenters. The van der Waals surface area contributed by atoms with Crippen molar-refractivity contribution in [3.8, 4) is 0 Å². The van der Waals surface area contributed by atoms with Crippen molar-refractivity contribution in [2.45, 2.75) is 26.4 Å². The molecule has 0 amide bonds. The average Bonchev–Trinajstić information content (AvgIpc) is 2.78.